The van der Waals surface area contributed by atoms with Crippen molar-refractivity contribution < 1.29 is 13.5 Å². The van der Waals surface area contributed by atoms with Gasteiger partial charge in [0.25, 0.3) is 5.92 Å². The Morgan fingerprint density at radius 3 is 2.64 bits per heavy atom. The van der Waals surface area contributed by atoms with Gasteiger partial charge in [-0.3, -0.25) is 0 Å². The fraction of sp³-hybridized carbons (Fsp3) is 0.500. The van der Waals surface area contributed by atoms with Crippen LogP contribution in [0.1, 0.15) is 18.1 Å². The predicted molar refractivity (Wildman–Crippen MR) is 47.7 cm³/mol. The molecular weight excluding hydrogens is 214 g/mol. The summed E-state index contributed by atoms with van der Waals surface area (Å²) in [5.74, 6) is -3.04. The second kappa shape index (κ2) is 4.04. The molecule has 0 atom stereocenters. The Morgan fingerprint density at radius 2 is 2.21 bits per heavy atom. The van der Waals surface area contributed by atoms with Crippen molar-refractivity contribution in [1.82, 2.24) is 10.2 Å². The first-order valence-electron chi connectivity index (χ1n) is 3.83. The fourth-order valence-electron chi connectivity index (χ4n) is 1.06. The molecule has 0 bridgehead atoms. The van der Waals surface area contributed by atoms with Crippen LogP contribution in [0.5, 0.6) is 5.88 Å². The van der Waals surface area contributed by atoms with Crippen LogP contribution in [0.4, 0.5) is 8.78 Å². The molecule has 1 aromatic heterocycles. The molecule has 0 spiro atoms. The van der Waals surface area contributed by atoms with Crippen LogP contribution in [0, 0.1) is 0 Å². The number of methoxy groups -OCH3 is 1. The number of hydrogen-bond donors (Lipinski definition) is 0. The highest BCUT2D eigenvalue weighted by Crippen LogP contribution is 2.33. The van der Waals surface area contributed by atoms with Gasteiger partial charge >= 0.3 is 0 Å². The van der Waals surface area contributed by atoms with Gasteiger partial charge in [0.2, 0.25) is 5.88 Å². The number of aromatic nitrogens is 2. The van der Waals surface area contributed by atoms with Crippen LogP contribution < -0.4 is 4.74 Å². The molecule has 0 saturated carbocycles. The third kappa shape index (κ3) is 2.09. The van der Waals surface area contributed by atoms with Crippen molar-refractivity contribution in [2.75, 3.05) is 7.11 Å². The van der Waals surface area contributed by atoms with E-state index in [0.717, 1.165) is 13.1 Å². The standard InChI is InChI=1S/C8H9ClF2N2O/c1-8(10,11)6-4-12-13-7(14-2)5(6)3-9/h4H,3H2,1-2H3. The minimum absolute atomic E-state index is 0.0408. The smallest absolute Gasteiger partial charge is 0.272 e. The van der Waals surface area contributed by atoms with E-state index in [4.69, 9.17) is 16.3 Å². The Kier molecular flexibility index (Phi) is 3.21. The van der Waals surface area contributed by atoms with Gasteiger partial charge < -0.3 is 4.74 Å². The Balaban J connectivity index is 3.29. The van der Waals surface area contributed by atoms with Crippen molar-refractivity contribution >= 4 is 11.6 Å². The quantitative estimate of drug-likeness (QED) is 0.737. The van der Waals surface area contributed by atoms with E-state index in [1.54, 1.807) is 0 Å². The molecule has 1 rings (SSSR count). The van der Waals surface area contributed by atoms with E-state index < -0.39 is 5.92 Å². The minimum Gasteiger partial charge on any atom is -0.480 e. The topological polar surface area (TPSA) is 35.0 Å². The SMILES string of the molecule is COc1nncc(C(C)(F)F)c1CCl. The number of hydrogen-bond acceptors (Lipinski definition) is 3. The molecule has 0 radical (unpaired) electrons. The Morgan fingerprint density at radius 1 is 1.57 bits per heavy atom. The van der Waals surface area contributed by atoms with Crippen molar-refractivity contribution in [3.05, 3.63) is 17.3 Å². The summed E-state index contributed by atoms with van der Waals surface area (Å²) >= 11 is 5.54. The summed E-state index contributed by atoms with van der Waals surface area (Å²) in [6.45, 7) is 0.777. The highest BCUT2D eigenvalue weighted by molar-refractivity contribution is 6.17. The lowest BCUT2D eigenvalue weighted by Gasteiger charge is -2.14. The van der Waals surface area contributed by atoms with Crippen LogP contribution in [0.2, 0.25) is 0 Å². The average molecular weight is 223 g/mol. The van der Waals surface area contributed by atoms with Gasteiger partial charge in [-0.2, -0.15) is 5.10 Å². The van der Waals surface area contributed by atoms with Gasteiger partial charge in [0.1, 0.15) is 0 Å². The number of ether oxygens (including phenoxy) is 1. The van der Waals surface area contributed by atoms with Gasteiger partial charge in [-0.25, -0.2) is 8.78 Å². The van der Waals surface area contributed by atoms with Crippen molar-refractivity contribution in [2.24, 2.45) is 0 Å². The first-order chi connectivity index (χ1) is 6.50. The maximum Gasteiger partial charge on any atom is 0.272 e. The van der Waals surface area contributed by atoms with Crippen LogP contribution >= 0.6 is 11.6 Å². The van der Waals surface area contributed by atoms with Crippen molar-refractivity contribution in [1.29, 1.82) is 0 Å². The molecule has 0 fully saturated rings. The molecule has 1 heterocycles. The van der Waals surface area contributed by atoms with E-state index in [9.17, 15) is 8.78 Å². The maximum atomic E-state index is 13.0. The lowest BCUT2D eigenvalue weighted by Crippen LogP contribution is -2.13. The second-order valence-corrected chi connectivity index (χ2v) is 3.04. The van der Waals surface area contributed by atoms with Crippen molar-refractivity contribution in [2.45, 2.75) is 18.7 Å². The zero-order valence-electron chi connectivity index (χ0n) is 7.72. The minimum atomic E-state index is -2.99. The number of rotatable bonds is 3. The van der Waals surface area contributed by atoms with E-state index in [0.29, 0.717) is 0 Å². The molecule has 0 unspecified atom stereocenters. The van der Waals surface area contributed by atoms with E-state index in [-0.39, 0.29) is 22.9 Å². The molecule has 0 aromatic carbocycles. The van der Waals surface area contributed by atoms with Crippen molar-refractivity contribution in [3.8, 4) is 5.88 Å². The molecule has 0 N–H and O–H groups in total. The van der Waals surface area contributed by atoms with E-state index in [1.165, 1.54) is 7.11 Å². The molecule has 0 saturated heterocycles. The number of alkyl halides is 3. The van der Waals surface area contributed by atoms with Gasteiger partial charge in [0.05, 0.1) is 24.8 Å². The lowest BCUT2D eigenvalue weighted by molar-refractivity contribution is 0.0158. The summed E-state index contributed by atoms with van der Waals surface area (Å²) in [5, 5.41) is 6.97. The maximum absolute atomic E-state index is 13.0. The van der Waals surface area contributed by atoms with Gasteiger partial charge in [0.15, 0.2) is 0 Å². The van der Waals surface area contributed by atoms with E-state index >= 15 is 0 Å². The summed E-state index contributed by atoms with van der Waals surface area (Å²) in [6, 6.07) is 0. The Hall–Kier alpha value is -0.970. The lowest BCUT2D eigenvalue weighted by atomic mass is 10.1. The fourth-order valence-corrected chi connectivity index (χ4v) is 1.32. The van der Waals surface area contributed by atoms with E-state index in [1.807, 2.05) is 0 Å². The molecule has 0 aliphatic heterocycles. The Labute approximate surface area is 85.0 Å². The highest BCUT2D eigenvalue weighted by Gasteiger charge is 2.30. The van der Waals surface area contributed by atoms with E-state index in [2.05, 4.69) is 10.2 Å². The highest BCUT2D eigenvalue weighted by atomic mass is 35.5. The summed E-state index contributed by atoms with van der Waals surface area (Å²) in [7, 11) is 1.33. The zero-order valence-corrected chi connectivity index (χ0v) is 8.48. The second-order valence-electron chi connectivity index (χ2n) is 2.77. The summed E-state index contributed by atoms with van der Waals surface area (Å²) in [5.41, 5.74) is -0.0731. The van der Waals surface area contributed by atoms with Crippen LogP contribution in [0.15, 0.2) is 6.20 Å². The van der Waals surface area contributed by atoms with Crippen LogP contribution in [0.3, 0.4) is 0 Å². The summed E-state index contributed by atoms with van der Waals surface area (Å²) < 4.78 is 30.9. The zero-order chi connectivity index (χ0) is 10.8. The molecule has 3 nitrogen and oxygen atoms in total. The molecule has 0 amide bonds. The number of nitrogens with zero attached hydrogens (tertiary/aromatic N) is 2. The molecule has 78 valence electrons. The third-order valence-corrected chi connectivity index (χ3v) is 1.99. The monoisotopic (exact) mass is 222 g/mol. The molecule has 6 heteroatoms. The Bertz CT molecular complexity index is 328. The first kappa shape index (κ1) is 11.1. The first-order valence-corrected chi connectivity index (χ1v) is 4.37. The predicted octanol–water partition coefficient (Wildman–Crippen LogP) is 2.34. The summed E-state index contributed by atoms with van der Waals surface area (Å²) in [6.07, 6.45) is 1.00. The van der Waals surface area contributed by atoms with Crippen molar-refractivity contribution in [3.63, 3.8) is 0 Å². The molecule has 1 aromatic rings. The average Bonchev–Trinajstić information content (AvgIpc) is 2.15. The third-order valence-electron chi connectivity index (χ3n) is 1.72. The molecule has 0 aliphatic carbocycles. The summed E-state index contributed by atoms with van der Waals surface area (Å²) in [4.78, 5) is 0. The normalized spacial score (nSPS) is 11.5. The van der Waals surface area contributed by atoms with Crippen LogP contribution in [0.25, 0.3) is 0 Å². The van der Waals surface area contributed by atoms with Gasteiger partial charge in [0, 0.05) is 12.5 Å². The molecular formula is C8H9ClF2N2O. The van der Waals surface area contributed by atoms with Gasteiger partial charge in [-0.1, -0.05) is 0 Å². The van der Waals surface area contributed by atoms with Gasteiger partial charge in [-0.15, -0.1) is 16.7 Å². The van der Waals surface area contributed by atoms with Crippen LogP contribution in [-0.2, 0) is 11.8 Å². The van der Waals surface area contributed by atoms with Gasteiger partial charge in [-0.05, 0) is 0 Å². The van der Waals surface area contributed by atoms with Crippen LogP contribution in [-0.4, -0.2) is 17.3 Å². The molecule has 14 heavy (non-hydrogen) atoms. The largest absolute Gasteiger partial charge is 0.480 e. The molecule has 0 aliphatic rings. The number of halogens is 3.